The van der Waals surface area contributed by atoms with Crippen LogP contribution in [0.1, 0.15) is 26.3 Å². The van der Waals surface area contributed by atoms with Crippen LogP contribution in [-0.2, 0) is 0 Å². The molecule has 2 aromatic carbocycles. The van der Waals surface area contributed by atoms with Gasteiger partial charge in [0.1, 0.15) is 28.6 Å². The zero-order valence-electron chi connectivity index (χ0n) is 12.8. The number of phenols is 3. The third-order valence-corrected chi connectivity index (χ3v) is 2.42. The van der Waals surface area contributed by atoms with Crippen LogP contribution in [0.3, 0.4) is 0 Å². The van der Waals surface area contributed by atoms with E-state index in [1.165, 1.54) is 18.2 Å². The molecule has 0 aliphatic heterocycles. The van der Waals surface area contributed by atoms with E-state index >= 15 is 0 Å². The van der Waals surface area contributed by atoms with Crippen LogP contribution in [-0.4, -0.2) is 20.9 Å². The van der Waals surface area contributed by atoms with Crippen molar-refractivity contribution in [2.45, 2.75) is 33.3 Å². The van der Waals surface area contributed by atoms with Crippen molar-refractivity contribution in [1.82, 2.24) is 0 Å². The lowest BCUT2D eigenvalue weighted by Gasteiger charge is -2.21. The molecule has 2 aromatic rings. The molecule has 0 saturated carbocycles. The highest BCUT2D eigenvalue weighted by molar-refractivity contribution is 5.37. The molecule has 0 aliphatic rings. The number of ether oxygens (including phenoxy) is 1. The second kappa shape index (κ2) is 6.88. The molecule has 0 aromatic heterocycles. The van der Waals surface area contributed by atoms with Crippen molar-refractivity contribution in [3.63, 3.8) is 0 Å². The Labute approximate surface area is 125 Å². The van der Waals surface area contributed by atoms with E-state index in [1.807, 2.05) is 26.8 Å². The zero-order valence-corrected chi connectivity index (χ0v) is 12.8. The predicted octanol–water partition coefficient (Wildman–Crippen LogP) is 3.98. The lowest BCUT2D eigenvalue weighted by molar-refractivity contribution is 0.130. The fourth-order valence-corrected chi connectivity index (χ4v) is 1.54. The summed E-state index contributed by atoms with van der Waals surface area (Å²) < 4.78 is 5.52. The Hall–Kier alpha value is -2.36. The Morgan fingerprint density at radius 2 is 1.48 bits per heavy atom. The number of aryl methyl sites for hydroxylation is 1. The summed E-state index contributed by atoms with van der Waals surface area (Å²) in [6, 6.07) is 11.2. The molecule has 0 fully saturated rings. The molecule has 3 N–H and O–H groups in total. The largest absolute Gasteiger partial charge is 0.508 e. The maximum atomic E-state index is 9.13. The highest BCUT2D eigenvalue weighted by atomic mass is 16.5. The Morgan fingerprint density at radius 1 is 0.857 bits per heavy atom. The van der Waals surface area contributed by atoms with Gasteiger partial charge in [0.25, 0.3) is 0 Å². The molecular weight excluding hydrogens is 268 g/mol. The minimum absolute atomic E-state index is 0.185. The average molecular weight is 290 g/mol. The first-order valence-corrected chi connectivity index (χ1v) is 6.64. The first-order chi connectivity index (χ1) is 9.67. The molecular formula is C17H22O4. The van der Waals surface area contributed by atoms with Crippen molar-refractivity contribution in [2.75, 3.05) is 0 Å². The molecule has 0 unspecified atom stereocenters. The summed E-state index contributed by atoms with van der Waals surface area (Å²) in [5.74, 6) is 1.33. The molecule has 0 amide bonds. The van der Waals surface area contributed by atoms with Gasteiger partial charge in [-0.15, -0.1) is 0 Å². The zero-order chi connectivity index (χ0) is 16.0. The number of hydrogen-bond donors (Lipinski definition) is 3. The van der Waals surface area contributed by atoms with Gasteiger partial charge in [-0.2, -0.15) is 0 Å². The molecule has 0 heterocycles. The molecule has 2 rings (SSSR count). The quantitative estimate of drug-likeness (QED) is 0.695. The van der Waals surface area contributed by atoms with Gasteiger partial charge in [-0.1, -0.05) is 6.07 Å². The van der Waals surface area contributed by atoms with Crippen molar-refractivity contribution in [3.05, 3.63) is 48.0 Å². The van der Waals surface area contributed by atoms with Gasteiger partial charge in [0.15, 0.2) is 0 Å². The van der Waals surface area contributed by atoms with E-state index in [0.717, 1.165) is 0 Å². The van der Waals surface area contributed by atoms with Crippen LogP contribution >= 0.6 is 0 Å². The number of aromatic hydroxyl groups is 3. The van der Waals surface area contributed by atoms with Gasteiger partial charge < -0.3 is 20.1 Å². The van der Waals surface area contributed by atoms with Crippen LogP contribution in [0.25, 0.3) is 0 Å². The lowest BCUT2D eigenvalue weighted by Crippen LogP contribution is -2.22. The first-order valence-electron chi connectivity index (χ1n) is 6.64. The van der Waals surface area contributed by atoms with E-state index in [0.29, 0.717) is 11.3 Å². The minimum atomic E-state index is -0.214. The van der Waals surface area contributed by atoms with Crippen LogP contribution in [0.5, 0.6) is 23.0 Å². The third kappa shape index (κ3) is 6.56. The van der Waals surface area contributed by atoms with Crippen molar-refractivity contribution in [2.24, 2.45) is 0 Å². The van der Waals surface area contributed by atoms with E-state index in [2.05, 4.69) is 0 Å². The lowest BCUT2D eigenvalue weighted by atomic mass is 10.2. The summed E-state index contributed by atoms with van der Waals surface area (Å²) in [4.78, 5) is 0. The summed E-state index contributed by atoms with van der Waals surface area (Å²) in [6.07, 6.45) is 0. The molecule has 4 heteroatoms. The Bertz CT molecular complexity index is 586. The molecule has 0 spiro atoms. The van der Waals surface area contributed by atoms with Gasteiger partial charge in [-0.25, -0.2) is 0 Å². The van der Waals surface area contributed by atoms with E-state index < -0.39 is 0 Å². The monoisotopic (exact) mass is 290 g/mol. The topological polar surface area (TPSA) is 69.9 Å². The fraction of sp³-hybridized carbons (Fsp3) is 0.294. The van der Waals surface area contributed by atoms with E-state index in [9.17, 15) is 0 Å². The van der Waals surface area contributed by atoms with E-state index in [1.54, 1.807) is 25.1 Å². The number of phenolic OH excluding ortho intramolecular Hbond substituents is 3. The van der Waals surface area contributed by atoms with Crippen LogP contribution in [0.15, 0.2) is 42.5 Å². The number of rotatable bonds is 1. The maximum Gasteiger partial charge on any atom is 0.123 e. The van der Waals surface area contributed by atoms with Crippen LogP contribution in [0.4, 0.5) is 0 Å². The second-order valence-corrected chi connectivity index (χ2v) is 5.68. The summed E-state index contributed by atoms with van der Waals surface area (Å²) in [5.41, 5.74) is 0.475. The van der Waals surface area contributed by atoms with Gasteiger partial charge in [0.05, 0.1) is 0 Å². The van der Waals surface area contributed by atoms with Gasteiger partial charge in [-0.3, -0.25) is 0 Å². The van der Waals surface area contributed by atoms with Crippen molar-refractivity contribution in [3.8, 4) is 23.0 Å². The van der Waals surface area contributed by atoms with E-state index in [-0.39, 0.29) is 22.8 Å². The second-order valence-electron chi connectivity index (χ2n) is 5.68. The predicted molar refractivity (Wildman–Crippen MR) is 83.0 cm³/mol. The van der Waals surface area contributed by atoms with Gasteiger partial charge >= 0.3 is 0 Å². The van der Waals surface area contributed by atoms with Crippen LogP contribution in [0.2, 0.25) is 0 Å². The molecule has 0 radical (unpaired) electrons. The minimum Gasteiger partial charge on any atom is -0.508 e. The number of hydrogen-bond acceptors (Lipinski definition) is 4. The molecule has 0 aliphatic carbocycles. The standard InChI is InChI=1S/C10H14O2.C7H8O2/c1-10(2,3)12-9-6-4-5-8(11)7-9;1-5-4-6(8)2-3-7(5)9/h4-7,11H,1-3H3;2-4,8-9H,1H3. The molecule has 0 bridgehead atoms. The molecule has 0 saturated heterocycles. The third-order valence-electron chi connectivity index (χ3n) is 2.42. The molecule has 21 heavy (non-hydrogen) atoms. The molecule has 4 nitrogen and oxygen atoms in total. The molecule has 114 valence electrons. The average Bonchev–Trinajstić information content (AvgIpc) is 2.33. The van der Waals surface area contributed by atoms with Gasteiger partial charge in [0, 0.05) is 6.07 Å². The van der Waals surface area contributed by atoms with Crippen molar-refractivity contribution >= 4 is 0 Å². The van der Waals surface area contributed by atoms with Crippen LogP contribution in [0, 0.1) is 6.92 Å². The van der Waals surface area contributed by atoms with Gasteiger partial charge in [0.2, 0.25) is 0 Å². The summed E-state index contributed by atoms with van der Waals surface area (Å²) in [5, 5.41) is 26.9. The van der Waals surface area contributed by atoms with Gasteiger partial charge in [-0.05, 0) is 63.6 Å². The maximum absolute atomic E-state index is 9.13. The number of benzene rings is 2. The summed E-state index contributed by atoms with van der Waals surface area (Å²) in [6.45, 7) is 7.64. The van der Waals surface area contributed by atoms with Crippen LogP contribution < -0.4 is 4.74 Å². The smallest absolute Gasteiger partial charge is 0.123 e. The van der Waals surface area contributed by atoms with Crippen molar-refractivity contribution < 1.29 is 20.1 Å². The Morgan fingerprint density at radius 3 is 1.95 bits per heavy atom. The first kappa shape index (κ1) is 16.7. The molecule has 0 atom stereocenters. The fourth-order valence-electron chi connectivity index (χ4n) is 1.54. The highest BCUT2D eigenvalue weighted by Gasteiger charge is 2.11. The Kier molecular flexibility index (Phi) is 5.47. The highest BCUT2D eigenvalue weighted by Crippen LogP contribution is 2.22. The Balaban J connectivity index is 0.000000219. The van der Waals surface area contributed by atoms with Crippen molar-refractivity contribution in [1.29, 1.82) is 0 Å². The normalized spacial score (nSPS) is 10.5. The SMILES string of the molecule is CC(C)(C)Oc1cccc(O)c1.Cc1cc(O)ccc1O. The summed E-state index contributed by atoms with van der Waals surface area (Å²) in [7, 11) is 0. The van der Waals surface area contributed by atoms with E-state index in [4.69, 9.17) is 20.1 Å². The summed E-state index contributed by atoms with van der Waals surface area (Å²) >= 11 is 0.